The summed E-state index contributed by atoms with van der Waals surface area (Å²) in [4.78, 5) is 5.91. The first-order valence-corrected chi connectivity index (χ1v) is 7.28. The SMILES string of the molecule is CC1CCCn2c(Cc3cccs3)nc(Cl)c21. The van der Waals surface area contributed by atoms with Gasteiger partial charge in [-0.3, -0.25) is 0 Å². The third-order valence-corrected chi connectivity index (χ3v) is 4.59. The summed E-state index contributed by atoms with van der Waals surface area (Å²) in [5.74, 6) is 1.67. The average Bonchev–Trinajstić information content (AvgIpc) is 2.90. The van der Waals surface area contributed by atoms with E-state index in [4.69, 9.17) is 11.6 Å². The second-order valence-electron chi connectivity index (χ2n) is 4.66. The first kappa shape index (κ1) is 11.3. The Kier molecular flexibility index (Phi) is 2.97. The smallest absolute Gasteiger partial charge is 0.150 e. The first-order chi connectivity index (χ1) is 8.25. The first-order valence-electron chi connectivity index (χ1n) is 6.03. The molecule has 90 valence electrons. The maximum absolute atomic E-state index is 6.27. The van der Waals surface area contributed by atoms with Crippen molar-refractivity contribution in [1.82, 2.24) is 9.55 Å². The Hall–Kier alpha value is -0.800. The molecule has 0 saturated carbocycles. The van der Waals surface area contributed by atoms with Crippen LogP contribution in [0, 0.1) is 0 Å². The summed E-state index contributed by atoms with van der Waals surface area (Å²) >= 11 is 8.05. The van der Waals surface area contributed by atoms with Crippen molar-refractivity contribution in [2.45, 2.75) is 38.6 Å². The lowest BCUT2D eigenvalue weighted by atomic mass is 9.98. The Morgan fingerprint density at radius 1 is 1.59 bits per heavy atom. The molecule has 2 nitrogen and oxygen atoms in total. The largest absolute Gasteiger partial charge is 0.330 e. The summed E-state index contributed by atoms with van der Waals surface area (Å²) in [6.45, 7) is 3.31. The number of fused-ring (bicyclic) bond motifs is 1. The van der Waals surface area contributed by atoms with Gasteiger partial charge in [-0.05, 0) is 30.2 Å². The van der Waals surface area contributed by atoms with Crippen LogP contribution < -0.4 is 0 Å². The quantitative estimate of drug-likeness (QED) is 0.801. The molecule has 0 fully saturated rings. The third-order valence-electron chi connectivity index (χ3n) is 3.44. The highest BCUT2D eigenvalue weighted by Gasteiger charge is 2.24. The molecule has 2 aromatic heterocycles. The van der Waals surface area contributed by atoms with Gasteiger partial charge in [0.05, 0.1) is 5.69 Å². The Labute approximate surface area is 110 Å². The zero-order valence-corrected chi connectivity index (χ0v) is 11.4. The van der Waals surface area contributed by atoms with Crippen molar-refractivity contribution in [3.8, 4) is 0 Å². The van der Waals surface area contributed by atoms with Crippen LogP contribution in [-0.4, -0.2) is 9.55 Å². The molecule has 1 aliphatic rings. The summed E-state index contributed by atoms with van der Waals surface area (Å²) in [6.07, 6.45) is 3.37. The van der Waals surface area contributed by atoms with Crippen molar-refractivity contribution >= 4 is 22.9 Å². The maximum atomic E-state index is 6.27. The van der Waals surface area contributed by atoms with Gasteiger partial charge in [0.25, 0.3) is 0 Å². The summed E-state index contributed by atoms with van der Waals surface area (Å²) in [5, 5.41) is 2.82. The fourth-order valence-corrected chi connectivity index (χ4v) is 3.68. The van der Waals surface area contributed by atoms with E-state index in [2.05, 4.69) is 34.0 Å². The van der Waals surface area contributed by atoms with Crippen LogP contribution in [0.4, 0.5) is 0 Å². The Bertz CT molecular complexity index is 516. The van der Waals surface area contributed by atoms with Crippen molar-refractivity contribution < 1.29 is 0 Å². The number of thiophene rings is 1. The van der Waals surface area contributed by atoms with Crippen LogP contribution in [0.1, 0.15) is 42.1 Å². The summed E-state index contributed by atoms with van der Waals surface area (Å²) in [7, 11) is 0. The Balaban J connectivity index is 1.98. The predicted molar refractivity (Wildman–Crippen MR) is 72.0 cm³/mol. The molecule has 0 radical (unpaired) electrons. The molecule has 1 aliphatic heterocycles. The Morgan fingerprint density at radius 2 is 2.47 bits per heavy atom. The fraction of sp³-hybridized carbons (Fsp3) is 0.462. The number of hydrogen-bond acceptors (Lipinski definition) is 2. The van der Waals surface area contributed by atoms with Gasteiger partial charge in [-0.25, -0.2) is 4.98 Å². The minimum atomic E-state index is 0.542. The van der Waals surface area contributed by atoms with Gasteiger partial charge >= 0.3 is 0 Å². The lowest BCUT2D eigenvalue weighted by Gasteiger charge is -2.22. The van der Waals surface area contributed by atoms with Gasteiger partial charge in [-0.15, -0.1) is 11.3 Å². The van der Waals surface area contributed by atoms with Gasteiger partial charge < -0.3 is 4.57 Å². The van der Waals surface area contributed by atoms with Crippen LogP contribution in [-0.2, 0) is 13.0 Å². The van der Waals surface area contributed by atoms with Crippen LogP contribution in [0.15, 0.2) is 17.5 Å². The molecular weight excluding hydrogens is 252 g/mol. The normalized spacial score (nSPS) is 19.3. The molecule has 0 aliphatic carbocycles. The van der Waals surface area contributed by atoms with Crippen molar-refractivity contribution in [2.24, 2.45) is 0 Å². The minimum Gasteiger partial charge on any atom is -0.330 e. The van der Waals surface area contributed by atoms with Crippen LogP contribution in [0.3, 0.4) is 0 Å². The number of halogens is 1. The molecule has 0 spiro atoms. The van der Waals surface area contributed by atoms with Gasteiger partial charge in [-0.2, -0.15) is 0 Å². The summed E-state index contributed by atoms with van der Waals surface area (Å²) in [5.41, 5.74) is 1.24. The molecule has 0 amide bonds. The second-order valence-corrected chi connectivity index (χ2v) is 6.05. The van der Waals surface area contributed by atoms with Gasteiger partial charge in [0.1, 0.15) is 5.82 Å². The molecule has 0 aromatic carbocycles. The molecule has 3 rings (SSSR count). The standard InChI is InChI=1S/C13H15ClN2S/c1-9-4-2-6-16-11(15-13(14)12(9)16)8-10-5-3-7-17-10/h3,5,7,9H,2,4,6,8H2,1H3. The maximum Gasteiger partial charge on any atom is 0.150 e. The summed E-state index contributed by atoms with van der Waals surface area (Å²) in [6, 6.07) is 4.25. The highest BCUT2D eigenvalue weighted by Crippen LogP contribution is 2.33. The third kappa shape index (κ3) is 2.02. The Morgan fingerprint density at radius 3 is 3.24 bits per heavy atom. The molecule has 0 bridgehead atoms. The average molecular weight is 267 g/mol. The molecule has 0 saturated heterocycles. The van der Waals surface area contributed by atoms with E-state index >= 15 is 0 Å². The van der Waals surface area contributed by atoms with Crippen molar-refractivity contribution in [1.29, 1.82) is 0 Å². The molecule has 1 atom stereocenters. The van der Waals surface area contributed by atoms with Crippen molar-refractivity contribution in [3.05, 3.63) is 39.1 Å². The zero-order chi connectivity index (χ0) is 11.8. The molecule has 3 heterocycles. The molecule has 1 unspecified atom stereocenters. The van der Waals surface area contributed by atoms with Crippen LogP contribution in [0.2, 0.25) is 5.15 Å². The van der Waals surface area contributed by atoms with E-state index in [1.165, 1.54) is 23.4 Å². The number of imidazole rings is 1. The molecule has 0 N–H and O–H groups in total. The van der Waals surface area contributed by atoms with E-state index in [1.54, 1.807) is 11.3 Å². The van der Waals surface area contributed by atoms with Gasteiger partial charge in [0.2, 0.25) is 0 Å². The van der Waals surface area contributed by atoms with Crippen molar-refractivity contribution in [2.75, 3.05) is 0 Å². The van der Waals surface area contributed by atoms with Crippen LogP contribution >= 0.6 is 22.9 Å². The van der Waals surface area contributed by atoms with E-state index in [9.17, 15) is 0 Å². The van der Waals surface area contributed by atoms with Crippen LogP contribution in [0.5, 0.6) is 0 Å². The number of hydrogen-bond donors (Lipinski definition) is 0. The summed E-state index contributed by atoms with van der Waals surface area (Å²) < 4.78 is 2.33. The van der Waals surface area contributed by atoms with E-state index in [0.29, 0.717) is 11.1 Å². The lowest BCUT2D eigenvalue weighted by molar-refractivity contribution is 0.465. The highest BCUT2D eigenvalue weighted by molar-refractivity contribution is 7.09. The topological polar surface area (TPSA) is 17.8 Å². The monoisotopic (exact) mass is 266 g/mol. The number of aromatic nitrogens is 2. The molecule has 17 heavy (non-hydrogen) atoms. The number of nitrogens with zero attached hydrogens (tertiary/aromatic N) is 2. The van der Waals surface area contributed by atoms with Crippen molar-refractivity contribution in [3.63, 3.8) is 0 Å². The fourth-order valence-electron chi connectivity index (χ4n) is 2.60. The van der Waals surface area contributed by atoms with Gasteiger partial charge in [0.15, 0.2) is 5.15 Å². The van der Waals surface area contributed by atoms with E-state index < -0.39 is 0 Å². The highest BCUT2D eigenvalue weighted by atomic mass is 35.5. The predicted octanol–water partition coefficient (Wildman–Crippen LogP) is 4.09. The zero-order valence-electron chi connectivity index (χ0n) is 9.82. The number of rotatable bonds is 2. The van der Waals surface area contributed by atoms with Crippen LogP contribution in [0.25, 0.3) is 0 Å². The van der Waals surface area contributed by atoms with E-state index in [0.717, 1.165) is 18.8 Å². The van der Waals surface area contributed by atoms with E-state index in [1.807, 2.05) is 0 Å². The molecule has 4 heteroatoms. The van der Waals surface area contributed by atoms with Gasteiger partial charge in [0, 0.05) is 17.8 Å². The lowest BCUT2D eigenvalue weighted by Crippen LogP contribution is -2.15. The molecular formula is C13H15ClN2S. The minimum absolute atomic E-state index is 0.542. The van der Waals surface area contributed by atoms with E-state index in [-0.39, 0.29) is 0 Å². The molecule has 2 aromatic rings. The second kappa shape index (κ2) is 4.46. The van der Waals surface area contributed by atoms with Gasteiger partial charge in [-0.1, -0.05) is 24.6 Å².